The van der Waals surface area contributed by atoms with Crippen molar-refractivity contribution in [3.8, 4) is 0 Å². The van der Waals surface area contributed by atoms with Crippen LogP contribution in [0, 0.1) is 12.3 Å². The van der Waals surface area contributed by atoms with Crippen molar-refractivity contribution >= 4 is 23.6 Å². The monoisotopic (exact) mass is 362 g/mol. The Morgan fingerprint density at radius 1 is 1.28 bits per heavy atom. The molecule has 0 unspecified atom stereocenters. The van der Waals surface area contributed by atoms with Gasteiger partial charge in [-0.15, -0.1) is 11.8 Å². The number of carbonyl (C=O) groups excluding carboxylic acids is 2. The normalized spacial score (nSPS) is 20.6. The summed E-state index contributed by atoms with van der Waals surface area (Å²) in [6.07, 6.45) is 2.00. The summed E-state index contributed by atoms with van der Waals surface area (Å²) >= 11 is 1.71. The summed E-state index contributed by atoms with van der Waals surface area (Å²) in [5, 5.41) is 2.99. The van der Waals surface area contributed by atoms with Crippen LogP contribution in [0.2, 0.25) is 0 Å². The Morgan fingerprint density at radius 2 is 1.96 bits per heavy atom. The maximum Gasteiger partial charge on any atom is 0.255 e. The van der Waals surface area contributed by atoms with Crippen LogP contribution in [0.3, 0.4) is 0 Å². The van der Waals surface area contributed by atoms with Gasteiger partial charge in [0.05, 0.1) is 5.37 Å². The van der Waals surface area contributed by atoms with E-state index in [2.05, 4.69) is 33.0 Å². The molecule has 1 heterocycles. The molecule has 1 saturated heterocycles. The summed E-state index contributed by atoms with van der Waals surface area (Å²) in [5.41, 5.74) is 1.54. The highest BCUT2D eigenvalue weighted by atomic mass is 32.2. The number of hydrogen-bond donors (Lipinski definition) is 1. The van der Waals surface area contributed by atoms with Crippen LogP contribution >= 0.6 is 11.8 Å². The van der Waals surface area contributed by atoms with Gasteiger partial charge in [-0.2, -0.15) is 0 Å². The number of carbonyl (C=O) groups is 2. The molecule has 138 valence electrons. The first-order chi connectivity index (χ1) is 11.8. The van der Waals surface area contributed by atoms with E-state index in [1.165, 1.54) is 0 Å². The lowest BCUT2D eigenvalue weighted by Gasteiger charge is -2.36. The molecule has 0 spiro atoms. The van der Waals surface area contributed by atoms with Gasteiger partial charge in [0.2, 0.25) is 5.91 Å². The fourth-order valence-electron chi connectivity index (χ4n) is 3.08. The minimum Gasteiger partial charge on any atom is -0.354 e. The number of benzene rings is 1. The van der Waals surface area contributed by atoms with Crippen LogP contribution in [0.1, 0.15) is 56.5 Å². The van der Waals surface area contributed by atoms with Crippen LogP contribution in [0.5, 0.6) is 0 Å². The molecule has 5 heteroatoms. The van der Waals surface area contributed by atoms with E-state index < -0.39 is 6.04 Å². The molecule has 1 aliphatic rings. The highest BCUT2D eigenvalue weighted by Crippen LogP contribution is 2.41. The van der Waals surface area contributed by atoms with E-state index in [0.29, 0.717) is 17.9 Å². The van der Waals surface area contributed by atoms with Gasteiger partial charge >= 0.3 is 0 Å². The summed E-state index contributed by atoms with van der Waals surface area (Å²) in [4.78, 5) is 27.8. The van der Waals surface area contributed by atoms with Gasteiger partial charge in [-0.25, -0.2) is 0 Å². The van der Waals surface area contributed by atoms with Crippen LogP contribution < -0.4 is 5.32 Å². The molecule has 2 amide bonds. The minimum atomic E-state index is -0.404. The third-order valence-electron chi connectivity index (χ3n) is 4.48. The van der Waals surface area contributed by atoms with Gasteiger partial charge < -0.3 is 10.2 Å². The number of hydrogen-bond acceptors (Lipinski definition) is 3. The van der Waals surface area contributed by atoms with Crippen molar-refractivity contribution < 1.29 is 9.59 Å². The summed E-state index contributed by atoms with van der Waals surface area (Å²) in [5.74, 6) is 0.575. The number of unbranched alkanes of at least 4 members (excludes halogenated alkanes) is 1. The van der Waals surface area contributed by atoms with Crippen molar-refractivity contribution in [1.29, 1.82) is 0 Å². The Balaban J connectivity index is 2.29. The third-order valence-corrected chi connectivity index (χ3v) is 6.24. The first kappa shape index (κ1) is 19.8. The first-order valence-corrected chi connectivity index (χ1v) is 10.1. The van der Waals surface area contributed by atoms with E-state index in [4.69, 9.17) is 0 Å². The lowest BCUT2D eigenvalue weighted by Crippen LogP contribution is -2.52. The highest BCUT2D eigenvalue weighted by molar-refractivity contribution is 8.00. The molecule has 0 bridgehead atoms. The van der Waals surface area contributed by atoms with E-state index in [0.717, 1.165) is 18.4 Å². The molecule has 0 radical (unpaired) electrons. The fourth-order valence-corrected chi connectivity index (χ4v) is 4.66. The lowest BCUT2D eigenvalue weighted by atomic mass is 9.94. The Labute approximate surface area is 155 Å². The van der Waals surface area contributed by atoms with Crippen molar-refractivity contribution in [3.05, 3.63) is 35.4 Å². The number of rotatable bonds is 5. The van der Waals surface area contributed by atoms with Crippen molar-refractivity contribution in [2.24, 2.45) is 5.41 Å². The van der Waals surface area contributed by atoms with Crippen molar-refractivity contribution in [3.63, 3.8) is 0 Å². The van der Waals surface area contributed by atoms with Crippen LogP contribution in [0.25, 0.3) is 0 Å². The van der Waals surface area contributed by atoms with E-state index in [9.17, 15) is 9.59 Å². The zero-order chi connectivity index (χ0) is 18.6. The molecule has 25 heavy (non-hydrogen) atoms. The number of aryl methyl sites for hydroxylation is 1. The SMILES string of the molecule is CCCCNC(=O)[C@@H]1CS[C@H](C(C)(C)C)N1C(=O)c1ccccc1C. The van der Waals surface area contributed by atoms with Gasteiger partial charge in [-0.1, -0.05) is 52.3 Å². The Hall–Kier alpha value is -1.49. The zero-order valence-electron chi connectivity index (χ0n) is 16.0. The fraction of sp³-hybridized carbons (Fsp3) is 0.600. The molecule has 1 fully saturated rings. The molecule has 1 aromatic rings. The minimum absolute atomic E-state index is 0.0125. The summed E-state index contributed by atoms with van der Waals surface area (Å²) in [7, 11) is 0. The molecular formula is C20H30N2O2S. The van der Waals surface area contributed by atoms with E-state index in [-0.39, 0.29) is 22.6 Å². The van der Waals surface area contributed by atoms with Gasteiger partial charge in [0.1, 0.15) is 6.04 Å². The van der Waals surface area contributed by atoms with Crippen LogP contribution in [-0.4, -0.2) is 40.4 Å². The van der Waals surface area contributed by atoms with Crippen molar-refractivity contribution in [2.75, 3.05) is 12.3 Å². The third kappa shape index (κ3) is 4.57. The molecular weight excluding hydrogens is 332 g/mol. The Bertz CT molecular complexity index is 624. The van der Waals surface area contributed by atoms with Crippen LogP contribution in [0.15, 0.2) is 24.3 Å². The molecule has 4 nitrogen and oxygen atoms in total. The largest absolute Gasteiger partial charge is 0.354 e. The molecule has 0 saturated carbocycles. The van der Waals surface area contributed by atoms with Gasteiger partial charge in [0, 0.05) is 17.9 Å². The molecule has 1 aliphatic heterocycles. The summed E-state index contributed by atoms with van der Waals surface area (Å²) in [6.45, 7) is 11.1. The van der Waals surface area contributed by atoms with Crippen LogP contribution in [0.4, 0.5) is 0 Å². The zero-order valence-corrected chi connectivity index (χ0v) is 16.8. The Morgan fingerprint density at radius 3 is 2.56 bits per heavy atom. The average molecular weight is 363 g/mol. The number of nitrogens with zero attached hydrogens (tertiary/aromatic N) is 1. The van der Waals surface area contributed by atoms with Gasteiger partial charge in [-0.05, 0) is 30.4 Å². The second-order valence-corrected chi connectivity index (χ2v) is 8.85. The highest BCUT2D eigenvalue weighted by Gasteiger charge is 2.46. The second-order valence-electron chi connectivity index (χ2n) is 7.74. The number of thioether (sulfide) groups is 1. The molecule has 1 aromatic carbocycles. The predicted octanol–water partition coefficient (Wildman–Crippen LogP) is 3.84. The van der Waals surface area contributed by atoms with Crippen molar-refractivity contribution in [2.45, 2.75) is 58.9 Å². The average Bonchev–Trinajstić information content (AvgIpc) is 3.00. The maximum atomic E-state index is 13.3. The standard InChI is InChI=1S/C20H30N2O2S/c1-6-7-12-21-17(23)16-13-25-19(20(3,4)5)22(16)18(24)15-11-9-8-10-14(15)2/h8-11,16,19H,6-7,12-13H2,1-5H3,(H,21,23)/t16-,19+/m0/s1. The predicted molar refractivity (Wildman–Crippen MR) is 105 cm³/mol. The maximum absolute atomic E-state index is 13.3. The van der Waals surface area contributed by atoms with Crippen LogP contribution in [-0.2, 0) is 4.79 Å². The summed E-state index contributed by atoms with van der Waals surface area (Å²) in [6, 6.07) is 7.20. The first-order valence-electron chi connectivity index (χ1n) is 9.05. The van der Waals surface area contributed by atoms with E-state index in [1.54, 1.807) is 11.8 Å². The Kier molecular flexibility index (Phi) is 6.55. The molecule has 0 aromatic heterocycles. The lowest BCUT2D eigenvalue weighted by molar-refractivity contribution is -0.125. The van der Waals surface area contributed by atoms with Gasteiger partial charge in [-0.3, -0.25) is 9.59 Å². The number of nitrogens with one attached hydrogen (secondary N) is 1. The van der Waals surface area contributed by atoms with Gasteiger partial charge in [0.25, 0.3) is 5.91 Å². The molecule has 0 aliphatic carbocycles. The quantitative estimate of drug-likeness (QED) is 0.810. The second kappa shape index (κ2) is 8.26. The smallest absolute Gasteiger partial charge is 0.255 e. The van der Waals surface area contributed by atoms with E-state index in [1.807, 2.05) is 36.1 Å². The molecule has 2 rings (SSSR count). The molecule has 2 atom stereocenters. The summed E-state index contributed by atoms with van der Waals surface area (Å²) < 4.78 is 0. The van der Waals surface area contributed by atoms with Crippen molar-refractivity contribution in [1.82, 2.24) is 10.2 Å². The number of amides is 2. The van der Waals surface area contributed by atoms with E-state index >= 15 is 0 Å². The topological polar surface area (TPSA) is 49.4 Å². The molecule has 1 N–H and O–H groups in total. The van der Waals surface area contributed by atoms with Gasteiger partial charge in [0.15, 0.2) is 0 Å².